The molecule has 0 atom stereocenters. The van der Waals surface area contributed by atoms with Gasteiger partial charge < -0.3 is 0 Å². The molecule has 0 spiro atoms. The highest BCUT2D eigenvalue weighted by atomic mass is 19.2. The Morgan fingerprint density at radius 1 is 0.613 bits per heavy atom. The van der Waals surface area contributed by atoms with Crippen molar-refractivity contribution in [1.29, 1.82) is 0 Å². The van der Waals surface area contributed by atoms with Crippen LogP contribution >= 0.6 is 0 Å². The van der Waals surface area contributed by atoms with Gasteiger partial charge in [-0.15, -0.1) is 0 Å². The summed E-state index contributed by atoms with van der Waals surface area (Å²) in [5.41, 5.74) is 1.26. The van der Waals surface area contributed by atoms with Gasteiger partial charge in [-0.1, -0.05) is 62.9 Å². The lowest BCUT2D eigenvalue weighted by Gasteiger charge is -2.11. The topological polar surface area (TPSA) is 0 Å². The molecule has 4 aromatic carbocycles. The molecule has 0 saturated carbocycles. The minimum absolute atomic E-state index is 0.0330. The summed E-state index contributed by atoms with van der Waals surface area (Å²) >= 11 is 0. The number of hydrogen-bond acceptors (Lipinski definition) is 0. The van der Waals surface area contributed by atoms with Crippen LogP contribution in [0.4, 0.5) is 17.6 Å². The Bertz CT molecular complexity index is 1220. The van der Waals surface area contributed by atoms with Crippen LogP contribution < -0.4 is 0 Å². The normalized spacial score (nSPS) is 11.5. The van der Waals surface area contributed by atoms with Crippen LogP contribution in [-0.2, 0) is 6.42 Å². The van der Waals surface area contributed by atoms with Crippen molar-refractivity contribution < 1.29 is 17.6 Å². The van der Waals surface area contributed by atoms with E-state index in [1.807, 2.05) is 18.2 Å². The maximum atomic E-state index is 14.9. The Labute approximate surface area is 179 Å². The first kappa shape index (κ1) is 21.4. The third-order valence-electron chi connectivity index (χ3n) is 5.85. The van der Waals surface area contributed by atoms with Crippen molar-refractivity contribution in [1.82, 2.24) is 0 Å². The van der Waals surface area contributed by atoms with Gasteiger partial charge in [-0.2, -0.15) is 0 Å². The standard InChI is InChI=1S/C27H24F4/c1-2-3-4-5-6-7-17-8-11-21-18(12-17)9-10-19-13-23(24(28)16-22(19)21)20-14-25(29)27(31)26(30)15-20/h8-16H,2-7H2,1H3. The van der Waals surface area contributed by atoms with Crippen LogP contribution in [0.2, 0.25) is 0 Å². The first-order chi connectivity index (χ1) is 15.0. The second-order valence-corrected chi connectivity index (χ2v) is 8.09. The Balaban J connectivity index is 1.68. The summed E-state index contributed by atoms with van der Waals surface area (Å²) in [7, 11) is 0. The molecule has 0 N–H and O–H groups in total. The van der Waals surface area contributed by atoms with Crippen molar-refractivity contribution >= 4 is 21.5 Å². The van der Waals surface area contributed by atoms with Gasteiger partial charge in [-0.05, 0) is 69.8 Å². The van der Waals surface area contributed by atoms with Crippen molar-refractivity contribution in [3.8, 4) is 11.1 Å². The molecule has 0 aliphatic rings. The van der Waals surface area contributed by atoms with Gasteiger partial charge in [0, 0.05) is 5.56 Å². The fourth-order valence-corrected chi connectivity index (χ4v) is 4.16. The fraction of sp³-hybridized carbons (Fsp3) is 0.259. The van der Waals surface area contributed by atoms with Gasteiger partial charge in [0.05, 0.1) is 0 Å². The molecule has 0 heterocycles. The molecule has 0 unspecified atom stereocenters. The SMILES string of the molecule is CCCCCCCc1ccc2c(ccc3cc(-c4cc(F)c(F)c(F)c4)c(F)cc32)c1. The number of aryl methyl sites for hydroxylation is 1. The number of rotatable bonds is 7. The zero-order valence-corrected chi connectivity index (χ0v) is 17.5. The van der Waals surface area contributed by atoms with Gasteiger partial charge in [0.25, 0.3) is 0 Å². The van der Waals surface area contributed by atoms with Gasteiger partial charge in [0.2, 0.25) is 0 Å². The van der Waals surface area contributed by atoms with E-state index in [1.165, 1.54) is 37.3 Å². The molecule has 0 saturated heterocycles. The minimum atomic E-state index is -1.56. The maximum Gasteiger partial charge on any atom is 0.194 e. The van der Waals surface area contributed by atoms with E-state index in [2.05, 4.69) is 19.1 Å². The van der Waals surface area contributed by atoms with Crippen LogP contribution in [-0.4, -0.2) is 0 Å². The lowest BCUT2D eigenvalue weighted by atomic mass is 9.95. The molecule has 0 fully saturated rings. The van der Waals surface area contributed by atoms with Crippen molar-refractivity contribution in [2.75, 3.05) is 0 Å². The van der Waals surface area contributed by atoms with E-state index in [9.17, 15) is 17.6 Å². The highest BCUT2D eigenvalue weighted by molar-refractivity contribution is 6.08. The molecular formula is C27H24F4. The van der Waals surface area contributed by atoms with Gasteiger partial charge >= 0.3 is 0 Å². The van der Waals surface area contributed by atoms with E-state index < -0.39 is 23.3 Å². The summed E-state index contributed by atoms with van der Waals surface area (Å²) in [6.45, 7) is 2.20. The Morgan fingerprint density at radius 2 is 1.29 bits per heavy atom. The van der Waals surface area contributed by atoms with E-state index in [1.54, 1.807) is 6.07 Å². The summed E-state index contributed by atoms with van der Waals surface area (Å²) in [4.78, 5) is 0. The molecule has 0 aromatic heterocycles. The van der Waals surface area contributed by atoms with Crippen LogP contribution in [0.5, 0.6) is 0 Å². The first-order valence-electron chi connectivity index (χ1n) is 10.8. The first-order valence-corrected chi connectivity index (χ1v) is 10.8. The third-order valence-corrected chi connectivity index (χ3v) is 5.85. The van der Waals surface area contributed by atoms with Crippen LogP contribution in [0, 0.1) is 23.3 Å². The Hall–Kier alpha value is -2.88. The molecular weight excluding hydrogens is 400 g/mol. The molecule has 31 heavy (non-hydrogen) atoms. The highest BCUT2D eigenvalue weighted by Gasteiger charge is 2.15. The summed E-state index contributed by atoms with van der Waals surface area (Å²) < 4.78 is 55.4. The van der Waals surface area contributed by atoms with Crippen molar-refractivity contribution in [2.45, 2.75) is 45.4 Å². The molecule has 0 radical (unpaired) electrons. The smallest absolute Gasteiger partial charge is 0.194 e. The fourth-order valence-electron chi connectivity index (χ4n) is 4.16. The molecule has 0 aliphatic heterocycles. The quantitative estimate of drug-likeness (QED) is 0.120. The monoisotopic (exact) mass is 424 g/mol. The third kappa shape index (κ3) is 4.43. The summed E-state index contributed by atoms with van der Waals surface area (Å²) in [5.74, 6) is -4.84. The van der Waals surface area contributed by atoms with Crippen LogP contribution in [0.3, 0.4) is 0 Å². The highest BCUT2D eigenvalue weighted by Crippen LogP contribution is 2.33. The van der Waals surface area contributed by atoms with Gasteiger partial charge in [0.15, 0.2) is 17.5 Å². The summed E-state index contributed by atoms with van der Waals surface area (Å²) in [5, 5.41) is 3.44. The summed E-state index contributed by atoms with van der Waals surface area (Å²) in [6.07, 6.45) is 7.16. The molecule has 160 valence electrons. The number of halogens is 4. The number of benzene rings is 4. The molecule has 4 aromatic rings. The van der Waals surface area contributed by atoms with Crippen LogP contribution in [0.25, 0.3) is 32.7 Å². The van der Waals surface area contributed by atoms with Crippen LogP contribution in [0.1, 0.15) is 44.6 Å². The van der Waals surface area contributed by atoms with Gasteiger partial charge in [0.1, 0.15) is 5.82 Å². The second-order valence-electron chi connectivity index (χ2n) is 8.09. The lowest BCUT2D eigenvalue weighted by molar-refractivity contribution is 0.447. The maximum absolute atomic E-state index is 14.9. The molecule has 0 amide bonds. The van der Waals surface area contributed by atoms with E-state index in [0.717, 1.165) is 46.5 Å². The largest absolute Gasteiger partial charge is 0.206 e. The second kappa shape index (κ2) is 9.09. The average Bonchev–Trinajstić information content (AvgIpc) is 2.76. The van der Waals surface area contributed by atoms with Crippen molar-refractivity contribution in [3.63, 3.8) is 0 Å². The molecule has 0 nitrogen and oxygen atoms in total. The van der Waals surface area contributed by atoms with Crippen molar-refractivity contribution in [3.05, 3.63) is 83.4 Å². The molecule has 0 aliphatic carbocycles. The lowest BCUT2D eigenvalue weighted by Crippen LogP contribution is -1.94. The average molecular weight is 424 g/mol. The number of fused-ring (bicyclic) bond motifs is 3. The van der Waals surface area contributed by atoms with Gasteiger partial charge in [-0.3, -0.25) is 0 Å². The zero-order valence-electron chi connectivity index (χ0n) is 17.5. The van der Waals surface area contributed by atoms with Crippen molar-refractivity contribution in [2.24, 2.45) is 0 Å². The van der Waals surface area contributed by atoms with E-state index in [4.69, 9.17) is 0 Å². The number of unbranched alkanes of at least 4 members (excludes halogenated alkanes) is 4. The molecule has 4 heteroatoms. The number of hydrogen-bond donors (Lipinski definition) is 0. The molecule has 4 rings (SSSR count). The predicted octanol–water partition coefficient (Wildman–Crippen LogP) is 8.73. The Kier molecular flexibility index (Phi) is 6.26. The van der Waals surface area contributed by atoms with Gasteiger partial charge in [-0.25, -0.2) is 17.6 Å². The minimum Gasteiger partial charge on any atom is -0.206 e. The van der Waals surface area contributed by atoms with E-state index >= 15 is 0 Å². The Morgan fingerprint density at radius 3 is 2.00 bits per heavy atom. The summed E-state index contributed by atoms with van der Waals surface area (Å²) in [6, 6.07) is 14.7. The van der Waals surface area contributed by atoms with E-state index in [-0.39, 0.29) is 11.1 Å². The zero-order chi connectivity index (χ0) is 22.0. The van der Waals surface area contributed by atoms with Crippen LogP contribution in [0.15, 0.2) is 54.6 Å². The van der Waals surface area contributed by atoms with E-state index in [0.29, 0.717) is 0 Å². The predicted molar refractivity (Wildman–Crippen MR) is 119 cm³/mol. The molecule has 0 bridgehead atoms.